The molecular weight excluding hydrogens is 359 g/mol. The van der Waals surface area contributed by atoms with Crippen molar-refractivity contribution in [3.05, 3.63) is 53.1 Å². The van der Waals surface area contributed by atoms with Crippen LogP contribution < -0.4 is 5.73 Å². The van der Waals surface area contributed by atoms with Crippen molar-refractivity contribution < 1.29 is 14.0 Å². The zero-order valence-corrected chi connectivity index (χ0v) is 15.7. The molecule has 1 atom stereocenters. The first-order valence-electron chi connectivity index (χ1n) is 9.65. The number of nitrogens with zero attached hydrogens (tertiary/aromatic N) is 3. The van der Waals surface area contributed by atoms with Gasteiger partial charge in [0.05, 0.1) is 5.69 Å². The summed E-state index contributed by atoms with van der Waals surface area (Å²) in [6, 6.07) is 5.43. The summed E-state index contributed by atoms with van der Waals surface area (Å²) in [6.07, 6.45) is 5.81. The molecule has 2 aliphatic rings. The average molecular weight is 382 g/mol. The monoisotopic (exact) mass is 382 g/mol. The van der Waals surface area contributed by atoms with E-state index in [1.54, 1.807) is 6.20 Å². The van der Waals surface area contributed by atoms with Gasteiger partial charge in [-0.05, 0) is 55.5 Å². The van der Waals surface area contributed by atoms with Gasteiger partial charge in [-0.15, -0.1) is 0 Å². The number of halogens is 1. The predicted molar refractivity (Wildman–Crippen MR) is 102 cm³/mol. The van der Waals surface area contributed by atoms with E-state index in [0.717, 1.165) is 36.9 Å². The number of carbonyl (C=O) groups is 2. The number of piperidine rings is 1. The second kappa shape index (κ2) is 7.30. The average Bonchev–Trinajstić information content (AvgIpc) is 3.03. The normalized spacial score (nSPS) is 21.0. The number of Topliss-reactive ketones (excluding diaryl/α,β-unsaturated/α-hetero) is 1. The van der Waals surface area contributed by atoms with Gasteiger partial charge in [-0.2, -0.15) is 0 Å². The number of nitrogen functional groups attached to an aromatic ring is 1. The topological polar surface area (TPSA) is 89.2 Å². The maximum atomic E-state index is 13.0. The number of hydrogen-bond donors (Lipinski definition) is 1. The summed E-state index contributed by atoms with van der Waals surface area (Å²) in [5.74, 6) is -0.280. The summed E-state index contributed by atoms with van der Waals surface area (Å²) in [5, 5.41) is 0. The van der Waals surface area contributed by atoms with Crippen LogP contribution in [0.5, 0.6) is 0 Å². The fourth-order valence-electron chi connectivity index (χ4n) is 4.46. The number of aryl methyl sites for hydroxylation is 1. The van der Waals surface area contributed by atoms with E-state index in [0.29, 0.717) is 18.7 Å². The molecule has 28 heavy (non-hydrogen) atoms. The Hall–Kier alpha value is -2.83. The third-order valence-corrected chi connectivity index (χ3v) is 5.92. The highest BCUT2D eigenvalue weighted by atomic mass is 19.1. The van der Waals surface area contributed by atoms with Gasteiger partial charge < -0.3 is 10.6 Å². The second-order valence-corrected chi connectivity index (χ2v) is 7.73. The maximum absolute atomic E-state index is 13.0. The van der Waals surface area contributed by atoms with Crippen molar-refractivity contribution in [3.8, 4) is 0 Å². The molecule has 2 N–H and O–H groups in total. The second-order valence-electron chi connectivity index (χ2n) is 7.73. The summed E-state index contributed by atoms with van der Waals surface area (Å²) < 4.78 is 13.0. The third-order valence-electron chi connectivity index (χ3n) is 5.92. The van der Waals surface area contributed by atoms with Crippen LogP contribution in [0.4, 0.5) is 10.3 Å². The molecule has 2 aromatic rings. The van der Waals surface area contributed by atoms with Gasteiger partial charge in [-0.25, -0.2) is 14.4 Å². The first kappa shape index (κ1) is 18.5. The van der Waals surface area contributed by atoms with Crippen LogP contribution in [0.2, 0.25) is 0 Å². The zero-order valence-electron chi connectivity index (χ0n) is 15.7. The molecule has 7 heteroatoms. The minimum atomic E-state index is -0.382. The zero-order chi connectivity index (χ0) is 19.7. The smallest absolute Gasteiger partial charge is 0.223 e. The number of hydrogen-bond acceptors (Lipinski definition) is 5. The first-order valence-corrected chi connectivity index (χ1v) is 9.65. The molecule has 2 heterocycles. The van der Waals surface area contributed by atoms with Crippen molar-refractivity contribution in [2.75, 3.05) is 18.8 Å². The van der Waals surface area contributed by atoms with Crippen LogP contribution in [0.15, 0.2) is 30.5 Å². The lowest BCUT2D eigenvalue weighted by molar-refractivity contribution is -0.133. The quantitative estimate of drug-likeness (QED) is 0.821. The molecule has 0 saturated carbocycles. The molecule has 0 radical (unpaired) electrons. The highest BCUT2D eigenvalue weighted by Crippen LogP contribution is 2.44. The predicted octanol–water partition coefficient (Wildman–Crippen LogP) is 2.67. The Kier molecular flexibility index (Phi) is 4.83. The van der Waals surface area contributed by atoms with Crippen LogP contribution in [0.25, 0.3) is 0 Å². The Morgan fingerprint density at radius 1 is 1.18 bits per heavy atom. The standard InChI is InChI=1S/C21H23FN4O2/c22-16-4-2-14(3-5-16)17(27)6-7-18(28)26-11-1-9-21(13-26)10-8-15-12-24-20(23)25-19(15)21/h2-5,12H,1,6-11,13H2,(H2,23,24,25). The molecule has 1 aliphatic carbocycles. The van der Waals surface area contributed by atoms with Crippen LogP contribution in [0.3, 0.4) is 0 Å². The lowest BCUT2D eigenvalue weighted by Crippen LogP contribution is -2.48. The number of anilines is 1. The van der Waals surface area contributed by atoms with Crippen molar-refractivity contribution in [1.82, 2.24) is 14.9 Å². The van der Waals surface area contributed by atoms with Crippen molar-refractivity contribution in [2.45, 2.75) is 43.9 Å². The number of benzene rings is 1. The van der Waals surface area contributed by atoms with Crippen molar-refractivity contribution in [3.63, 3.8) is 0 Å². The van der Waals surface area contributed by atoms with E-state index in [4.69, 9.17) is 5.73 Å². The highest BCUT2D eigenvalue weighted by molar-refractivity contribution is 5.97. The number of aromatic nitrogens is 2. The van der Waals surface area contributed by atoms with Crippen molar-refractivity contribution in [1.29, 1.82) is 0 Å². The van der Waals surface area contributed by atoms with E-state index in [1.165, 1.54) is 24.3 Å². The fraction of sp³-hybridized carbons (Fsp3) is 0.429. The number of amides is 1. The van der Waals surface area contributed by atoms with E-state index >= 15 is 0 Å². The Labute approximate surface area is 163 Å². The van der Waals surface area contributed by atoms with Crippen molar-refractivity contribution in [2.24, 2.45) is 0 Å². The summed E-state index contributed by atoms with van der Waals surface area (Å²) in [7, 11) is 0. The molecule has 1 amide bonds. The van der Waals surface area contributed by atoms with E-state index in [2.05, 4.69) is 9.97 Å². The molecule has 1 fully saturated rings. The van der Waals surface area contributed by atoms with E-state index in [1.807, 2.05) is 4.90 Å². The minimum absolute atomic E-state index is 0.0231. The molecular formula is C21H23FN4O2. The van der Waals surface area contributed by atoms with Gasteiger partial charge in [0.1, 0.15) is 5.82 Å². The number of ketones is 1. The SMILES string of the molecule is Nc1ncc2c(n1)C1(CCCN(C(=O)CCC(=O)c3ccc(F)cc3)C1)CC2. The van der Waals surface area contributed by atoms with Crippen LogP contribution in [-0.2, 0) is 16.6 Å². The summed E-state index contributed by atoms with van der Waals surface area (Å²) in [4.78, 5) is 35.5. The summed E-state index contributed by atoms with van der Waals surface area (Å²) >= 11 is 0. The highest BCUT2D eigenvalue weighted by Gasteiger charge is 2.44. The molecule has 146 valence electrons. The lowest BCUT2D eigenvalue weighted by Gasteiger charge is -2.40. The number of carbonyl (C=O) groups excluding carboxylic acids is 2. The van der Waals surface area contributed by atoms with Gasteiger partial charge in [0, 0.05) is 43.1 Å². The number of nitrogens with two attached hydrogens (primary N) is 1. The molecule has 6 nitrogen and oxygen atoms in total. The van der Waals surface area contributed by atoms with Gasteiger partial charge >= 0.3 is 0 Å². The Morgan fingerprint density at radius 3 is 2.75 bits per heavy atom. The van der Waals surface area contributed by atoms with E-state index < -0.39 is 0 Å². The molecule has 4 rings (SSSR count). The Bertz CT molecular complexity index is 911. The van der Waals surface area contributed by atoms with Gasteiger partial charge in [0.25, 0.3) is 0 Å². The minimum Gasteiger partial charge on any atom is -0.368 e. The van der Waals surface area contributed by atoms with Gasteiger partial charge in [-0.3, -0.25) is 9.59 Å². The molecule has 0 bridgehead atoms. The fourth-order valence-corrected chi connectivity index (χ4v) is 4.46. The third kappa shape index (κ3) is 3.48. The molecule has 1 saturated heterocycles. The van der Waals surface area contributed by atoms with Crippen LogP contribution in [0.1, 0.15) is 53.7 Å². The Balaban J connectivity index is 1.41. The van der Waals surface area contributed by atoms with E-state index in [9.17, 15) is 14.0 Å². The molecule has 1 aliphatic heterocycles. The van der Waals surface area contributed by atoms with Gasteiger partial charge in [-0.1, -0.05) is 0 Å². The maximum Gasteiger partial charge on any atom is 0.223 e. The number of rotatable bonds is 4. The molecule has 1 aromatic carbocycles. The van der Waals surface area contributed by atoms with Gasteiger partial charge in [0.2, 0.25) is 11.9 Å². The Morgan fingerprint density at radius 2 is 1.96 bits per heavy atom. The molecule has 1 spiro atoms. The first-order chi connectivity index (χ1) is 13.5. The molecule has 1 aromatic heterocycles. The van der Waals surface area contributed by atoms with E-state index in [-0.39, 0.29) is 41.7 Å². The van der Waals surface area contributed by atoms with Gasteiger partial charge in [0.15, 0.2) is 5.78 Å². The summed E-state index contributed by atoms with van der Waals surface area (Å²) in [5.41, 5.74) is 8.18. The number of likely N-dealkylation sites (tertiary alicyclic amines) is 1. The van der Waals surface area contributed by atoms with Crippen molar-refractivity contribution >= 4 is 17.6 Å². The number of fused-ring (bicyclic) bond motifs is 2. The molecule has 1 unspecified atom stereocenters. The van der Waals surface area contributed by atoms with Crippen LogP contribution in [-0.4, -0.2) is 39.6 Å². The summed E-state index contributed by atoms with van der Waals surface area (Å²) in [6.45, 7) is 1.31. The van der Waals surface area contributed by atoms with Crippen LogP contribution in [0, 0.1) is 5.82 Å². The van der Waals surface area contributed by atoms with Crippen LogP contribution >= 0.6 is 0 Å². The largest absolute Gasteiger partial charge is 0.368 e. The lowest BCUT2D eigenvalue weighted by atomic mass is 9.77.